The van der Waals surface area contributed by atoms with Crippen LogP contribution in [0, 0.1) is 5.21 Å². The highest BCUT2D eigenvalue weighted by atomic mass is 16.7. The van der Waals surface area contributed by atoms with Crippen molar-refractivity contribution in [3.05, 3.63) is 5.21 Å². The standard InChI is InChI=1S/C8H15NO5/c1-11-5-13-7-3-9(10)4-8(7)14-6-12-2/h3,7-8H,4-6H2,1-2H3/t7-,8-/m0/s1. The maximum atomic E-state index is 11.0. The van der Waals surface area contributed by atoms with E-state index in [-0.39, 0.29) is 32.3 Å². The molecule has 6 nitrogen and oxygen atoms in total. The number of hydrogen-bond acceptors (Lipinski definition) is 5. The molecule has 14 heavy (non-hydrogen) atoms. The smallest absolute Gasteiger partial charge is 0.183 e. The summed E-state index contributed by atoms with van der Waals surface area (Å²) in [7, 11) is 3.05. The van der Waals surface area contributed by atoms with E-state index < -0.39 is 0 Å². The van der Waals surface area contributed by atoms with Crippen molar-refractivity contribution in [1.29, 1.82) is 0 Å². The van der Waals surface area contributed by atoms with Gasteiger partial charge in [-0.25, -0.2) is 4.74 Å². The number of rotatable bonds is 6. The third kappa shape index (κ3) is 3.22. The van der Waals surface area contributed by atoms with E-state index in [0.717, 1.165) is 4.74 Å². The molecule has 0 unspecified atom stereocenters. The third-order valence-corrected chi connectivity index (χ3v) is 1.82. The third-order valence-electron chi connectivity index (χ3n) is 1.82. The number of nitrogens with zero attached hydrogens (tertiary/aromatic N) is 1. The van der Waals surface area contributed by atoms with E-state index >= 15 is 0 Å². The fourth-order valence-corrected chi connectivity index (χ4v) is 1.20. The first-order chi connectivity index (χ1) is 6.77. The van der Waals surface area contributed by atoms with Crippen molar-refractivity contribution in [3.63, 3.8) is 0 Å². The lowest BCUT2D eigenvalue weighted by Crippen LogP contribution is -2.32. The van der Waals surface area contributed by atoms with Gasteiger partial charge in [0.05, 0.1) is 0 Å². The summed E-state index contributed by atoms with van der Waals surface area (Å²) in [5.41, 5.74) is 0. The first-order valence-electron chi connectivity index (χ1n) is 4.27. The Labute approximate surface area is 82.6 Å². The van der Waals surface area contributed by atoms with Crippen LogP contribution in [0.2, 0.25) is 0 Å². The van der Waals surface area contributed by atoms with Crippen molar-refractivity contribution < 1.29 is 23.7 Å². The molecule has 2 atom stereocenters. The van der Waals surface area contributed by atoms with Gasteiger partial charge in [0, 0.05) is 14.2 Å². The Morgan fingerprint density at radius 3 is 2.57 bits per heavy atom. The predicted octanol–water partition coefficient (Wildman–Crippen LogP) is -0.441. The van der Waals surface area contributed by atoms with Gasteiger partial charge in [-0.1, -0.05) is 0 Å². The molecule has 0 aliphatic carbocycles. The maximum absolute atomic E-state index is 11.0. The van der Waals surface area contributed by atoms with E-state index in [1.165, 1.54) is 20.4 Å². The van der Waals surface area contributed by atoms with E-state index in [4.69, 9.17) is 18.9 Å². The average molecular weight is 205 g/mol. The van der Waals surface area contributed by atoms with Crippen LogP contribution in [0.3, 0.4) is 0 Å². The predicted molar refractivity (Wildman–Crippen MR) is 48.1 cm³/mol. The number of hydroxylamine groups is 1. The van der Waals surface area contributed by atoms with Gasteiger partial charge in [-0.05, 0) is 0 Å². The normalized spacial score (nSPS) is 26.6. The van der Waals surface area contributed by atoms with Gasteiger partial charge < -0.3 is 24.2 Å². The zero-order valence-corrected chi connectivity index (χ0v) is 8.34. The Bertz CT molecular complexity index is 196. The monoisotopic (exact) mass is 205 g/mol. The zero-order valence-electron chi connectivity index (χ0n) is 8.34. The van der Waals surface area contributed by atoms with Gasteiger partial charge in [-0.2, -0.15) is 0 Å². The number of ether oxygens (including phenoxy) is 4. The summed E-state index contributed by atoms with van der Waals surface area (Å²) in [5.74, 6) is 0. The Kier molecular flexibility index (Phi) is 4.81. The van der Waals surface area contributed by atoms with Crippen molar-refractivity contribution in [2.24, 2.45) is 0 Å². The van der Waals surface area contributed by atoms with Gasteiger partial charge in [-0.15, -0.1) is 0 Å². The number of hydrogen-bond donors (Lipinski definition) is 0. The molecule has 0 aromatic rings. The quantitative estimate of drug-likeness (QED) is 0.334. The summed E-state index contributed by atoms with van der Waals surface area (Å²) in [6, 6.07) is 0. The van der Waals surface area contributed by atoms with Crippen LogP contribution in [0.1, 0.15) is 0 Å². The second kappa shape index (κ2) is 5.92. The van der Waals surface area contributed by atoms with E-state index in [1.54, 1.807) is 0 Å². The molecule has 1 heterocycles. The van der Waals surface area contributed by atoms with Crippen LogP contribution in [0.4, 0.5) is 0 Å². The minimum Gasteiger partial charge on any atom is -0.624 e. The molecule has 0 fully saturated rings. The Balaban J connectivity index is 2.34. The fraction of sp³-hybridized carbons (Fsp3) is 0.875. The summed E-state index contributed by atoms with van der Waals surface area (Å²) in [5, 5.41) is 11.0. The Morgan fingerprint density at radius 1 is 1.29 bits per heavy atom. The van der Waals surface area contributed by atoms with Gasteiger partial charge in [0.25, 0.3) is 0 Å². The SMILES string of the molecule is COCO[C@H]1C=[N+]([O-])C[C@@H]1OCOC. The molecule has 0 N–H and O–H groups in total. The molecule has 0 aromatic heterocycles. The van der Waals surface area contributed by atoms with Crippen molar-refractivity contribution in [2.45, 2.75) is 12.2 Å². The molecule has 1 rings (SSSR count). The lowest BCUT2D eigenvalue weighted by molar-refractivity contribution is -0.454. The summed E-state index contributed by atoms with van der Waals surface area (Å²) >= 11 is 0. The highest BCUT2D eigenvalue weighted by molar-refractivity contribution is 5.60. The first-order valence-corrected chi connectivity index (χ1v) is 4.27. The van der Waals surface area contributed by atoms with Crippen molar-refractivity contribution in [1.82, 2.24) is 0 Å². The van der Waals surface area contributed by atoms with E-state index in [9.17, 15) is 5.21 Å². The Hall–Kier alpha value is -0.690. The van der Waals surface area contributed by atoms with Crippen molar-refractivity contribution in [3.8, 4) is 0 Å². The highest BCUT2D eigenvalue weighted by Crippen LogP contribution is 2.09. The lowest BCUT2D eigenvalue weighted by Gasteiger charge is -2.15. The van der Waals surface area contributed by atoms with Gasteiger partial charge in [-0.3, -0.25) is 0 Å². The topological polar surface area (TPSA) is 63.0 Å². The van der Waals surface area contributed by atoms with Gasteiger partial charge in [0.2, 0.25) is 0 Å². The van der Waals surface area contributed by atoms with Crippen molar-refractivity contribution >= 4 is 6.21 Å². The van der Waals surface area contributed by atoms with Crippen LogP contribution in [-0.4, -0.2) is 57.5 Å². The van der Waals surface area contributed by atoms with Gasteiger partial charge in [0.1, 0.15) is 13.6 Å². The minimum atomic E-state index is -0.359. The second-order valence-corrected chi connectivity index (χ2v) is 2.90. The zero-order chi connectivity index (χ0) is 10.4. The summed E-state index contributed by atoms with van der Waals surface area (Å²) in [6.45, 7) is 0.554. The molecule has 0 spiro atoms. The molecule has 1 aliphatic rings. The molecule has 6 heteroatoms. The highest BCUT2D eigenvalue weighted by Gasteiger charge is 2.33. The molecule has 0 radical (unpaired) electrons. The molecular weight excluding hydrogens is 190 g/mol. The molecule has 0 saturated carbocycles. The summed E-state index contributed by atoms with van der Waals surface area (Å²) in [6.07, 6.45) is 0.782. The molecular formula is C8H15NO5. The van der Waals surface area contributed by atoms with Crippen LogP contribution in [0.15, 0.2) is 0 Å². The summed E-state index contributed by atoms with van der Waals surface area (Å²) in [4.78, 5) is 0. The molecule has 0 bridgehead atoms. The summed E-state index contributed by atoms with van der Waals surface area (Å²) < 4.78 is 20.8. The van der Waals surface area contributed by atoms with Crippen molar-refractivity contribution in [2.75, 3.05) is 34.4 Å². The van der Waals surface area contributed by atoms with Crippen LogP contribution < -0.4 is 0 Å². The van der Waals surface area contributed by atoms with Crippen LogP contribution in [0.25, 0.3) is 0 Å². The second-order valence-electron chi connectivity index (χ2n) is 2.90. The van der Waals surface area contributed by atoms with Gasteiger partial charge in [0.15, 0.2) is 25.0 Å². The van der Waals surface area contributed by atoms with Crippen LogP contribution in [-0.2, 0) is 18.9 Å². The molecule has 82 valence electrons. The lowest BCUT2D eigenvalue weighted by atomic mass is 10.2. The first kappa shape index (κ1) is 11.4. The average Bonchev–Trinajstić information content (AvgIpc) is 2.52. The maximum Gasteiger partial charge on any atom is 0.183 e. The van der Waals surface area contributed by atoms with Crippen LogP contribution in [0.5, 0.6) is 0 Å². The fourth-order valence-electron chi connectivity index (χ4n) is 1.20. The molecule has 0 amide bonds. The number of methoxy groups -OCH3 is 2. The van der Waals surface area contributed by atoms with E-state index in [0.29, 0.717) is 0 Å². The van der Waals surface area contributed by atoms with E-state index in [2.05, 4.69) is 0 Å². The molecule has 0 aromatic carbocycles. The Morgan fingerprint density at radius 2 is 1.93 bits per heavy atom. The molecule has 0 saturated heterocycles. The molecule has 1 aliphatic heterocycles. The van der Waals surface area contributed by atoms with Crippen LogP contribution >= 0.6 is 0 Å². The van der Waals surface area contributed by atoms with E-state index in [1.807, 2.05) is 0 Å². The van der Waals surface area contributed by atoms with Gasteiger partial charge >= 0.3 is 0 Å². The minimum absolute atomic E-state index is 0.141. The largest absolute Gasteiger partial charge is 0.624 e.